The summed E-state index contributed by atoms with van der Waals surface area (Å²) >= 11 is 7.30. The predicted octanol–water partition coefficient (Wildman–Crippen LogP) is 3.32. The molecule has 1 aromatic rings. The van der Waals surface area contributed by atoms with E-state index in [1.54, 1.807) is 0 Å². The van der Waals surface area contributed by atoms with Crippen molar-refractivity contribution in [3.8, 4) is 5.75 Å². The fraction of sp³-hybridized carbons (Fsp3) is 0.286. The number of rotatable bonds is 2. The third-order valence-corrected chi connectivity index (χ3v) is 2.10. The third-order valence-electron chi connectivity index (χ3n) is 1.25. The molecule has 1 heterocycles. The first-order valence-electron chi connectivity index (χ1n) is 3.39. The van der Waals surface area contributed by atoms with Crippen LogP contribution in [0.4, 0.5) is 13.2 Å². The van der Waals surface area contributed by atoms with E-state index in [1.807, 2.05) is 22.6 Å². The molecule has 0 unspecified atom stereocenters. The summed E-state index contributed by atoms with van der Waals surface area (Å²) in [6, 6.07) is 2.61. The lowest BCUT2D eigenvalue weighted by Gasteiger charge is -2.11. The van der Waals surface area contributed by atoms with E-state index in [2.05, 4.69) is 9.72 Å². The predicted molar refractivity (Wildman–Crippen MR) is 53.2 cm³/mol. The molecule has 2 nitrogen and oxygen atoms in total. The van der Waals surface area contributed by atoms with Gasteiger partial charge in [0.1, 0.15) is 3.70 Å². The normalized spacial score (nSPS) is 11.5. The zero-order valence-electron chi connectivity index (χ0n) is 6.61. The van der Waals surface area contributed by atoms with Crippen molar-refractivity contribution in [3.63, 3.8) is 0 Å². The van der Waals surface area contributed by atoms with Crippen LogP contribution in [0.3, 0.4) is 0 Å². The highest BCUT2D eigenvalue weighted by Gasteiger charge is 2.32. The van der Waals surface area contributed by atoms with E-state index in [4.69, 9.17) is 11.6 Å². The van der Waals surface area contributed by atoms with Crippen LogP contribution in [0.15, 0.2) is 12.1 Å². The molecule has 0 saturated carbocycles. The molecular weight excluding hydrogens is 333 g/mol. The molecule has 0 aliphatic carbocycles. The van der Waals surface area contributed by atoms with Gasteiger partial charge in [-0.05, 0) is 34.7 Å². The van der Waals surface area contributed by atoms with E-state index >= 15 is 0 Å². The summed E-state index contributed by atoms with van der Waals surface area (Å²) in [5.74, 6) is -0.477. The van der Waals surface area contributed by atoms with Crippen molar-refractivity contribution in [2.75, 3.05) is 0 Å². The first-order chi connectivity index (χ1) is 6.42. The highest BCUT2D eigenvalue weighted by Crippen LogP contribution is 2.26. The van der Waals surface area contributed by atoms with Gasteiger partial charge in [0.2, 0.25) is 0 Å². The molecule has 1 aromatic heterocycles. The van der Waals surface area contributed by atoms with Crippen molar-refractivity contribution in [3.05, 3.63) is 21.5 Å². The van der Waals surface area contributed by atoms with Crippen LogP contribution in [0.5, 0.6) is 5.75 Å². The topological polar surface area (TPSA) is 22.1 Å². The van der Waals surface area contributed by atoms with Gasteiger partial charge >= 0.3 is 6.36 Å². The van der Waals surface area contributed by atoms with Gasteiger partial charge in [-0.3, -0.25) is 0 Å². The van der Waals surface area contributed by atoms with E-state index < -0.39 is 6.36 Å². The molecule has 0 aliphatic rings. The maximum atomic E-state index is 11.9. The molecule has 14 heavy (non-hydrogen) atoms. The van der Waals surface area contributed by atoms with Crippen LogP contribution < -0.4 is 4.74 Å². The van der Waals surface area contributed by atoms with Gasteiger partial charge < -0.3 is 4.74 Å². The van der Waals surface area contributed by atoms with Gasteiger partial charge in [0, 0.05) is 0 Å². The van der Waals surface area contributed by atoms with Crippen molar-refractivity contribution in [2.24, 2.45) is 0 Å². The summed E-state index contributed by atoms with van der Waals surface area (Å²) in [6.07, 6.45) is -4.71. The first kappa shape index (κ1) is 11.8. The molecule has 0 saturated heterocycles. The van der Waals surface area contributed by atoms with E-state index in [0.717, 1.165) is 0 Å². The van der Waals surface area contributed by atoms with Gasteiger partial charge in [-0.1, -0.05) is 0 Å². The molecule has 0 radical (unpaired) electrons. The van der Waals surface area contributed by atoms with Crippen molar-refractivity contribution < 1.29 is 17.9 Å². The quantitative estimate of drug-likeness (QED) is 0.469. The summed E-state index contributed by atoms with van der Waals surface area (Å²) < 4.78 is 39.9. The molecule has 0 atom stereocenters. The Morgan fingerprint density at radius 2 is 2.07 bits per heavy atom. The number of pyridine rings is 1. The maximum Gasteiger partial charge on any atom is 0.573 e. The fourth-order valence-corrected chi connectivity index (χ4v) is 1.44. The van der Waals surface area contributed by atoms with E-state index in [9.17, 15) is 13.2 Å². The minimum absolute atomic E-state index is 0.0795. The smallest absolute Gasteiger partial charge is 0.404 e. The van der Waals surface area contributed by atoms with Crippen LogP contribution >= 0.6 is 34.2 Å². The number of hydrogen-bond donors (Lipinski definition) is 0. The lowest BCUT2D eigenvalue weighted by atomic mass is 10.3. The minimum Gasteiger partial charge on any atom is -0.404 e. The van der Waals surface area contributed by atoms with E-state index in [0.29, 0.717) is 3.70 Å². The van der Waals surface area contributed by atoms with Crippen LogP contribution in [0.2, 0.25) is 0 Å². The Morgan fingerprint density at radius 1 is 1.43 bits per heavy atom. The summed E-state index contributed by atoms with van der Waals surface area (Å²) in [6.45, 7) is 0. The molecule has 0 aliphatic heterocycles. The maximum absolute atomic E-state index is 11.9. The number of nitrogens with zero attached hydrogens (tertiary/aromatic N) is 1. The number of aromatic nitrogens is 1. The number of alkyl halides is 4. The van der Waals surface area contributed by atoms with Gasteiger partial charge in [-0.15, -0.1) is 24.8 Å². The third kappa shape index (κ3) is 3.49. The van der Waals surface area contributed by atoms with Gasteiger partial charge in [0.25, 0.3) is 0 Å². The van der Waals surface area contributed by atoms with Crippen molar-refractivity contribution >= 4 is 34.2 Å². The Labute approximate surface area is 96.6 Å². The number of hydrogen-bond acceptors (Lipinski definition) is 2. The van der Waals surface area contributed by atoms with Crippen molar-refractivity contribution in [1.29, 1.82) is 0 Å². The van der Waals surface area contributed by atoms with Crippen LogP contribution in [-0.4, -0.2) is 11.3 Å². The van der Waals surface area contributed by atoms with Crippen LogP contribution in [0, 0.1) is 3.70 Å². The van der Waals surface area contributed by atoms with Crippen LogP contribution in [-0.2, 0) is 5.88 Å². The van der Waals surface area contributed by atoms with Gasteiger partial charge in [-0.25, -0.2) is 4.98 Å². The summed E-state index contributed by atoms with van der Waals surface area (Å²) in [5.41, 5.74) is 0.0795. The lowest BCUT2D eigenvalue weighted by molar-refractivity contribution is -0.275. The monoisotopic (exact) mass is 337 g/mol. The molecule has 0 bridgehead atoms. The number of halogens is 5. The second-order valence-electron chi connectivity index (χ2n) is 2.26. The Kier molecular flexibility index (Phi) is 3.82. The minimum atomic E-state index is -4.71. The summed E-state index contributed by atoms with van der Waals surface area (Å²) in [5, 5.41) is 0. The number of ether oxygens (including phenoxy) is 1. The van der Waals surface area contributed by atoms with Gasteiger partial charge in [-0.2, -0.15) is 0 Å². The fourth-order valence-electron chi connectivity index (χ4n) is 0.775. The van der Waals surface area contributed by atoms with E-state index in [1.165, 1.54) is 12.1 Å². The lowest BCUT2D eigenvalue weighted by Crippen LogP contribution is -2.18. The Hall–Kier alpha value is -0.240. The summed E-state index contributed by atoms with van der Waals surface area (Å²) in [4.78, 5) is 3.81. The Bertz CT molecular complexity index is 331. The largest absolute Gasteiger partial charge is 0.573 e. The molecule has 1 rings (SSSR count). The second kappa shape index (κ2) is 4.52. The second-order valence-corrected chi connectivity index (χ2v) is 3.63. The molecule has 0 spiro atoms. The highest BCUT2D eigenvalue weighted by atomic mass is 127. The van der Waals surface area contributed by atoms with Crippen LogP contribution in [0.25, 0.3) is 0 Å². The van der Waals surface area contributed by atoms with Crippen molar-refractivity contribution in [2.45, 2.75) is 12.2 Å². The molecule has 0 amide bonds. The summed E-state index contributed by atoms with van der Waals surface area (Å²) in [7, 11) is 0. The van der Waals surface area contributed by atoms with Gasteiger partial charge in [0.15, 0.2) is 5.75 Å². The molecule has 78 valence electrons. The molecule has 7 heteroatoms. The average molecular weight is 337 g/mol. The Balaban J connectivity index is 2.97. The molecule has 0 fully saturated rings. The Morgan fingerprint density at radius 3 is 2.57 bits per heavy atom. The first-order valence-corrected chi connectivity index (χ1v) is 5.01. The standard InChI is InChI=1S/C7H4ClF3INO/c8-3-4-5(14-7(9,10)11)1-2-6(12)13-4/h1-2H,3H2. The highest BCUT2D eigenvalue weighted by molar-refractivity contribution is 14.1. The zero-order valence-corrected chi connectivity index (χ0v) is 9.52. The molecule has 0 aromatic carbocycles. The average Bonchev–Trinajstić information content (AvgIpc) is 2.06. The van der Waals surface area contributed by atoms with Crippen LogP contribution in [0.1, 0.15) is 5.69 Å². The molecule has 0 N–H and O–H groups in total. The molecular formula is C7H4ClF3INO. The zero-order chi connectivity index (χ0) is 10.8. The van der Waals surface area contributed by atoms with Gasteiger partial charge in [0.05, 0.1) is 11.6 Å². The van der Waals surface area contributed by atoms with Crippen molar-refractivity contribution in [1.82, 2.24) is 4.98 Å². The van der Waals surface area contributed by atoms with E-state index in [-0.39, 0.29) is 17.3 Å². The SMILES string of the molecule is FC(F)(F)Oc1ccc(I)nc1CCl.